The molecule has 0 heterocycles. The Morgan fingerprint density at radius 2 is 1.73 bits per heavy atom. The molecule has 0 saturated heterocycles. The van der Waals surface area contributed by atoms with Gasteiger partial charge in [0.2, 0.25) is 5.91 Å². The fourth-order valence-electron chi connectivity index (χ4n) is 9.33. The number of esters is 1. The Morgan fingerprint density at radius 1 is 1.03 bits per heavy atom. The van der Waals surface area contributed by atoms with Crippen LogP contribution in [0.3, 0.4) is 0 Å². The highest BCUT2D eigenvalue weighted by Gasteiger charge is 2.65. The van der Waals surface area contributed by atoms with E-state index in [1.807, 2.05) is 0 Å². The van der Waals surface area contributed by atoms with Gasteiger partial charge in [0.25, 0.3) is 0 Å². The highest BCUT2D eigenvalue weighted by molar-refractivity contribution is 5.81. The average molecular weight is 522 g/mol. The third-order valence-electron chi connectivity index (χ3n) is 11.2. The van der Waals surface area contributed by atoms with Crippen LogP contribution in [0, 0.1) is 46.3 Å². The van der Waals surface area contributed by atoms with Crippen molar-refractivity contribution >= 4 is 11.9 Å². The lowest BCUT2D eigenvalue weighted by atomic mass is 9.43. The molecule has 1 amide bonds. The minimum atomic E-state index is -0.576. The van der Waals surface area contributed by atoms with Crippen molar-refractivity contribution in [2.75, 3.05) is 6.54 Å². The number of carbonyl (C=O) groups is 2. The molecule has 4 fully saturated rings. The molecule has 0 aromatic heterocycles. The number of hydrogen-bond donors (Lipinski definition) is 4. The molecule has 4 aliphatic carbocycles. The molecule has 4 aliphatic rings. The number of rotatable bonds is 6. The second kappa shape index (κ2) is 10.4. The van der Waals surface area contributed by atoms with Crippen molar-refractivity contribution in [3.05, 3.63) is 0 Å². The van der Waals surface area contributed by atoms with E-state index < -0.39 is 17.7 Å². The SMILES string of the molecule is C[C@H](CCC(=O)NCC(=O)OC(C)(C)C)[C@H]1CC[C@H]2[C@@H]3[C@H](O)CC4C[C@H](O)CC[C@]4(C)[C@H]3C[C@H](O)[C@]12C. The third kappa shape index (κ3) is 5.47. The Balaban J connectivity index is 1.39. The largest absolute Gasteiger partial charge is 0.459 e. The Bertz CT molecular complexity index is 855. The van der Waals surface area contributed by atoms with E-state index >= 15 is 0 Å². The van der Waals surface area contributed by atoms with Crippen LogP contribution in [-0.2, 0) is 14.3 Å². The molecule has 212 valence electrons. The second-order valence-corrected chi connectivity index (χ2v) is 14.4. The van der Waals surface area contributed by atoms with Gasteiger partial charge in [0.15, 0.2) is 0 Å². The van der Waals surface area contributed by atoms with Crippen molar-refractivity contribution < 1.29 is 29.6 Å². The lowest BCUT2D eigenvalue weighted by molar-refractivity contribution is -0.207. The average Bonchev–Trinajstić information content (AvgIpc) is 3.15. The highest BCUT2D eigenvalue weighted by Crippen LogP contribution is 2.68. The Labute approximate surface area is 223 Å². The van der Waals surface area contributed by atoms with Crippen LogP contribution in [0.15, 0.2) is 0 Å². The molecule has 0 bridgehead atoms. The number of ether oxygens (including phenoxy) is 1. The Kier molecular flexibility index (Phi) is 8.12. The zero-order valence-electron chi connectivity index (χ0n) is 23.8. The molecular formula is C30H51NO6. The molecule has 0 aromatic carbocycles. The van der Waals surface area contributed by atoms with E-state index in [-0.39, 0.29) is 65.1 Å². The zero-order chi connectivity index (χ0) is 27.3. The number of aliphatic hydroxyl groups excluding tert-OH is 3. The topological polar surface area (TPSA) is 116 Å². The van der Waals surface area contributed by atoms with E-state index in [0.29, 0.717) is 18.8 Å². The number of fused-ring (bicyclic) bond motifs is 5. The summed E-state index contributed by atoms with van der Waals surface area (Å²) in [5.74, 6) is 1.03. The summed E-state index contributed by atoms with van der Waals surface area (Å²) in [6.07, 6.45) is 6.03. The second-order valence-electron chi connectivity index (χ2n) is 14.4. The summed E-state index contributed by atoms with van der Waals surface area (Å²) in [7, 11) is 0. The van der Waals surface area contributed by atoms with E-state index in [2.05, 4.69) is 26.1 Å². The predicted octanol–water partition coefficient (Wildman–Crippen LogP) is 3.82. The number of carbonyl (C=O) groups excluding carboxylic acids is 2. The first-order valence-electron chi connectivity index (χ1n) is 14.7. The Morgan fingerprint density at radius 3 is 2.41 bits per heavy atom. The van der Waals surface area contributed by atoms with Crippen LogP contribution >= 0.6 is 0 Å². The van der Waals surface area contributed by atoms with E-state index in [1.54, 1.807) is 20.8 Å². The van der Waals surface area contributed by atoms with E-state index in [4.69, 9.17) is 4.74 Å². The standard InChI is InChI=1S/C30H51NO6/c1-17(7-10-25(35)31-16-26(36)37-28(2,3)4)20-8-9-21-27-22(15-24(34)30(20,21)6)29(5)12-11-19(32)13-18(29)14-23(27)33/h17-24,27,32-34H,7-16H2,1-6H3,(H,31,35)/t17-,18?,19-,20-,21+,22+,23-,24+,27+,29+,30-/m1/s1. The van der Waals surface area contributed by atoms with Crippen molar-refractivity contribution in [1.29, 1.82) is 0 Å². The van der Waals surface area contributed by atoms with Crippen molar-refractivity contribution in [2.45, 2.75) is 123 Å². The summed E-state index contributed by atoms with van der Waals surface area (Å²) < 4.78 is 5.26. The molecule has 0 spiro atoms. The maximum atomic E-state index is 12.5. The van der Waals surface area contributed by atoms with Crippen LogP contribution in [0.5, 0.6) is 0 Å². The van der Waals surface area contributed by atoms with Crippen LogP contribution in [0.25, 0.3) is 0 Å². The zero-order valence-corrected chi connectivity index (χ0v) is 23.8. The van der Waals surface area contributed by atoms with Crippen molar-refractivity contribution in [3.63, 3.8) is 0 Å². The van der Waals surface area contributed by atoms with Gasteiger partial charge in [-0.25, -0.2) is 0 Å². The van der Waals surface area contributed by atoms with E-state index in [1.165, 1.54) is 0 Å². The lowest BCUT2D eigenvalue weighted by Crippen LogP contribution is -2.62. The van der Waals surface area contributed by atoms with Gasteiger partial charge in [-0.2, -0.15) is 0 Å². The molecule has 4 N–H and O–H groups in total. The third-order valence-corrected chi connectivity index (χ3v) is 11.2. The number of nitrogens with one attached hydrogen (secondary N) is 1. The summed E-state index contributed by atoms with van der Waals surface area (Å²) in [6, 6.07) is 0. The summed E-state index contributed by atoms with van der Waals surface area (Å²) in [4.78, 5) is 24.4. The normalized spacial score (nSPS) is 44.2. The minimum Gasteiger partial charge on any atom is -0.459 e. The van der Waals surface area contributed by atoms with Gasteiger partial charge in [-0.05, 0) is 118 Å². The summed E-state index contributed by atoms with van der Waals surface area (Å²) in [5.41, 5.74) is -0.777. The number of aliphatic hydroxyl groups is 3. The number of amides is 1. The van der Waals surface area contributed by atoms with Crippen LogP contribution in [0.4, 0.5) is 0 Å². The first-order valence-corrected chi connectivity index (χ1v) is 14.7. The van der Waals surface area contributed by atoms with E-state index in [9.17, 15) is 24.9 Å². The maximum Gasteiger partial charge on any atom is 0.325 e. The smallest absolute Gasteiger partial charge is 0.325 e. The van der Waals surface area contributed by atoms with Crippen LogP contribution in [0.1, 0.15) is 99.3 Å². The van der Waals surface area contributed by atoms with E-state index in [0.717, 1.165) is 44.9 Å². The molecular weight excluding hydrogens is 470 g/mol. The molecule has 4 saturated carbocycles. The molecule has 0 radical (unpaired) electrons. The molecule has 0 aliphatic heterocycles. The maximum absolute atomic E-state index is 12.5. The fraction of sp³-hybridized carbons (Fsp3) is 0.933. The monoisotopic (exact) mass is 521 g/mol. The molecule has 1 unspecified atom stereocenters. The minimum absolute atomic E-state index is 0.0708. The van der Waals surface area contributed by atoms with Gasteiger partial charge in [-0.15, -0.1) is 0 Å². The van der Waals surface area contributed by atoms with Gasteiger partial charge < -0.3 is 25.4 Å². The summed E-state index contributed by atoms with van der Waals surface area (Å²) in [6.45, 7) is 12.1. The van der Waals surface area contributed by atoms with Crippen LogP contribution < -0.4 is 5.32 Å². The molecule has 7 heteroatoms. The molecule has 37 heavy (non-hydrogen) atoms. The summed E-state index contributed by atoms with van der Waals surface area (Å²) in [5, 5.41) is 36.1. The molecule has 0 aromatic rings. The summed E-state index contributed by atoms with van der Waals surface area (Å²) >= 11 is 0. The van der Waals surface area contributed by atoms with Gasteiger partial charge in [-0.3, -0.25) is 9.59 Å². The van der Waals surface area contributed by atoms with Crippen LogP contribution in [0.2, 0.25) is 0 Å². The van der Waals surface area contributed by atoms with Crippen molar-refractivity contribution in [2.24, 2.45) is 46.3 Å². The van der Waals surface area contributed by atoms with Crippen molar-refractivity contribution in [3.8, 4) is 0 Å². The number of hydrogen-bond acceptors (Lipinski definition) is 6. The van der Waals surface area contributed by atoms with Crippen LogP contribution in [-0.4, -0.2) is 57.7 Å². The van der Waals surface area contributed by atoms with Gasteiger partial charge >= 0.3 is 5.97 Å². The quantitative estimate of drug-likeness (QED) is 0.395. The van der Waals surface area contributed by atoms with Gasteiger partial charge in [0.1, 0.15) is 12.1 Å². The molecule has 4 rings (SSSR count). The lowest BCUT2D eigenvalue weighted by Gasteiger charge is -2.63. The first kappa shape index (κ1) is 28.8. The highest BCUT2D eigenvalue weighted by atomic mass is 16.6. The van der Waals surface area contributed by atoms with Crippen molar-refractivity contribution in [1.82, 2.24) is 5.32 Å². The van der Waals surface area contributed by atoms with Gasteiger partial charge in [-0.1, -0.05) is 20.8 Å². The first-order chi connectivity index (χ1) is 17.2. The van der Waals surface area contributed by atoms with Gasteiger partial charge in [0.05, 0.1) is 18.3 Å². The fourth-order valence-corrected chi connectivity index (χ4v) is 9.33. The van der Waals surface area contributed by atoms with Gasteiger partial charge in [0, 0.05) is 6.42 Å². The Hall–Kier alpha value is -1.18. The molecule has 11 atom stereocenters. The predicted molar refractivity (Wildman–Crippen MR) is 141 cm³/mol. The molecule has 7 nitrogen and oxygen atoms in total.